The Bertz CT molecular complexity index is 742. The smallest absolute Gasteiger partial charge is 0.246 e. The molecule has 1 atom stereocenters. The number of carbonyl (C=O) groups excluding carboxylic acids is 3. The zero-order valence-electron chi connectivity index (χ0n) is 13.9. The van der Waals surface area contributed by atoms with Gasteiger partial charge in [-0.3, -0.25) is 14.4 Å². The van der Waals surface area contributed by atoms with Crippen molar-refractivity contribution in [3.8, 4) is 0 Å². The standard InChI is InChI=1S/C19H20N2O4/c1-25-12-17(22)21-16(19(20)24)11-13-7-9-15(10-8-13)18(23)14-5-3-2-4-6-14/h2-10,16H,11-12H2,1H3,(H2,20,24)(H,21,22)/t16-/m1/s1. The Morgan fingerprint density at radius 1 is 1.00 bits per heavy atom. The Kier molecular flexibility index (Phi) is 6.42. The second-order valence-electron chi connectivity index (χ2n) is 5.55. The van der Waals surface area contributed by atoms with Crippen LogP contribution in [0.15, 0.2) is 54.6 Å². The van der Waals surface area contributed by atoms with Crippen LogP contribution in [0.3, 0.4) is 0 Å². The molecule has 130 valence electrons. The molecule has 0 aliphatic rings. The molecule has 2 aromatic carbocycles. The average Bonchev–Trinajstić information content (AvgIpc) is 2.62. The van der Waals surface area contributed by atoms with Gasteiger partial charge in [-0.15, -0.1) is 0 Å². The molecule has 0 fully saturated rings. The van der Waals surface area contributed by atoms with Crippen LogP contribution in [0.5, 0.6) is 0 Å². The fraction of sp³-hybridized carbons (Fsp3) is 0.211. The monoisotopic (exact) mass is 340 g/mol. The molecule has 2 aromatic rings. The van der Waals surface area contributed by atoms with Crippen LogP contribution in [0.25, 0.3) is 0 Å². The molecule has 0 unspecified atom stereocenters. The van der Waals surface area contributed by atoms with Gasteiger partial charge in [0.1, 0.15) is 12.6 Å². The number of hydrogen-bond donors (Lipinski definition) is 2. The molecular weight excluding hydrogens is 320 g/mol. The van der Waals surface area contributed by atoms with Crippen molar-refractivity contribution >= 4 is 17.6 Å². The van der Waals surface area contributed by atoms with Crippen molar-refractivity contribution in [1.29, 1.82) is 0 Å². The Morgan fingerprint density at radius 2 is 1.60 bits per heavy atom. The maximum atomic E-state index is 12.4. The average molecular weight is 340 g/mol. The number of amides is 2. The predicted octanol–water partition coefficient (Wildman–Crippen LogP) is 1.08. The van der Waals surface area contributed by atoms with Gasteiger partial charge >= 0.3 is 0 Å². The SMILES string of the molecule is COCC(=O)N[C@H](Cc1ccc(C(=O)c2ccccc2)cc1)C(N)=O. The number of carbonyl (C=O) groups is 3. The van der Waals surface area contributed by atoms with Crippen LogP contribution >= 0.6 is 0 Å². The van der Waals surface area contributed by atoms with E-state index >= 15 is 0 Å². The lowest BCUT2D eigenvalue weighted by atomic mass is 9.99. The highest BCUT2D eigenvalue weighted by Crippen LogP contribution is 2.12. The summed E-state index contributed by atoms with van der Waals surface area (Å²) in [6.45, 7) is -0.145. The largest absolute Gasteiger partial charge is 0.375 e. The van der Waals surface area contributed by atoms with Gasteiger partial charge in [0.15, 0.2) is 5.78 Å². The van der Waals surface area contributed by atoms with Crippen molar-refractivity contribution in [2.75, 3.05) is 13.7 Å². The van der Waals surface area contributed by atoms with Crippen molar-refractivity contribution in [1.82, 2.24) is 5.32 Å². The Morgan fingerprint density at radius 3 is 2.16 bits per heavy atom. The molecule has 0 radical (unpaired) electrons. The first-order chi connectivity index (χ1) is 12.0. The Hall–Kier alpha value is -2.99. The van der Waals surface area contributed by atoms with Crippen LogP contribution in [0.4, 0.5) is 0 Å². The molecule has 0 heterocycles. The summed E-state index contributed by atoms with van der Waals surface area (Å²) in [7, 11) is 1.39. The zero-order valence-corrected chi connectivity index (χ0v) is 13.9. The van der Waals surface area contributed by atoms with Gasteiger partial charge in [0.25, 0.3) is 0 Å². The minimum atomic E-state index is -0.835. The maximum absolute atomic E-state index is 12.4. The maximum Gasteiger partial charge on any atom is 0.246 e. The zero-order chi connectivity index (χ0) is 18.2. The van der Waals surface area contributed by atoms with Crippen molar-refractivity contribution in [3.63, 3.8) is 0 Å². The van der Waals surface area contributed by atoms with E-state index in [1.165, 1.54) is 7.11 Å². The summed E-state index contributed by atoms with van der Waals surface area (Å²) in [5.41, 5.74) is 7.28. The predicted molar refractivity (Wildman–Crippen MR) is 93.0 cm³/mol. The molecule has 0 bridgehead atoms. The summed E-state index contributed by atoms with van der Waals surface area (Å²) in [4.78, 5) is 35.4. The van der Waals surface area contributed by atoms with E-state index in [0.29, 0.717) is 11.1 Å². The quantitative estimate of drug-likeness (QED) is 0.703. The molecule has 0 saturated heterocycles. The highest BCUT2D eigenvalue weighted by atomic mass is 16.5. The minimum absolute atomic E-state index is 0.0769. The lowest BCUT2D eigenvalue weighted by Crippen LogP contribution is -2.47. The lowest BCUT2D eigenvalue weighted by Gasteiger charge is -2.15. The van der Waals surface area contributed by atoms with E-state index in [2.05, 4.69) is 5.32 Å². The fourth-order valence-corrected chi connectivity index (χ4v) is 2.37. The molecule has 0 aliphatic carbocycles. The molecule has 0 saturated carbocycles. The van der Waals surface area contributed by atoms with E-state index in [0.717, 1.165) is 5.56 Å². The number of ether oxygens (including phenoxy) is 1. The van der Waals surface area contributed by atoms with Crippen LogP contribution < -0.4 is 11.1 Å². The van der Waals surface area contributed by atoms with Gasteiger partial charge in [-0.1, -0.05) is 54.6 Å². The van der Waals surface area contributed by atoms with Crippen LogP contribution in [-0.4, -0.2) is 37.4 Å². The summed E-state index contributed by atoms with van der Waals surface area (Å²) in [5, 5.41) is 2.52. The lowest BCUT2D eigenvalue weighted by molar-refractivity contribution is -0.129. The molecule has 6 nitrogen and oxygen atoms in total. The van der Waals surface area contributed by atoms with E-state index in [9.17, 15) is 14.4 Å². The third kappa shape index (κ3) is 5.26. The summed E-state index contributed by atoms with van der Waals surface area (Å²) < 4.78 is 4.72. The van der Waals surface area contributed by atoms with E-state index in [4.69, 9.17) is 10.5 Å². The van der Waals surface area contributed by atoms with Crippen molar-refractivity contribution in [2.24, 2.45) is 5.73 Å². The Labute approximate surface area is 146 Å². The number of primary amides is 1. The van der Waals surface area contributed by atoms with Crippen LogP contribution in [0.1, 0.15) is 21.5 Å². The van der Waals surface area contributed by atoms with Gasteiger partial charge in [0.05, 0.1) is 0 Å². The molecule has 3 N–H and O–H groups in total. The second kappa shape index (κ2) is 8.75. The van der Waals surface area contributed by atoms with Crippen molar-refractivity contribution in [2.45, 2.75) is 12.5 Å². The highest BCUT2D eigenvalue weighted by molar-refractivity contribution is 6.08. The number of benzene rings is 2. The molecule has 25 heavy (non-hydrogen) atoms. The van der Waals surface area contributed by atoms with E-state index < -0.39 is 17.9 Å². The van der Waals surface area contributed by atoms with Gasteiger partial charge in [0, 0.05) is 24.7 Å². The molecule has 0 spiro atoms. The molecule has 0 aliphatic heterocycles. The Balaban J connectivity index is 2.06. The topological polar surface area (TPSA) is 98.5 Å². The fourth-order valence-electron chi connectivity index (χ4n) is 2.37. The van der Waals surface area contributed by atoms with Crippen LogP contribution in [-0.2, 0) is 20.7 Å². The second-order valence-corrected chi connectivity index (χ2v) is 5.55. The summed E-state index contributed by atoms with van der Waals surface area (Å²) in [6.07, 6.45) is 0.241. The van der Waals surface area contributed by atoms with Crippen molar-refractivity contribution < 1.29 is 19.1 Å². The third-order valence-electron chi connectivity index (χ3n) is 3.65. The molecule has 2 rings (SSSR count). The van der Waals surface area contributed by atoms with E-state index in [-0.39, 0.29) is 18.8 Å². The van der Waals surface area contributed by atoms with Gasteiger partial charge in [0.2, 0.25) is 11.8 Å². The molecular formula is C19H20N2O4. The summed E-state index contributed by atoms with van der Waals surface area (Å²) >= 11 is 0. The minimum Gasteiger partial charge on any atom is -0.375 e. The van der Waals surface area contributed by atoms with Gasteiger partial charge in [-0.25, -0.2) is 0 Å². The number of nitrogens with two attached hydrogens (primary N) is 1. The third-order valence-corrected chi connectivity index (χ3v) is 3.65. The molecule has 6 heteroatoms. The first-order valence-corrected chi connectivity index (χ1v) is 7.77. The van der Waals surface area contributed by atoms with Gasteiger partial charge < -0.3 is 15.8 Å². The first-order valence-electron chi connectivity index (χ1n) is 7.77. The van der Waals surface area contributed by atoms with E-state index in [1.54, 1.807) is 36.4 Å². The number of hydrogen-bond acceptors (Lipinski definition) is 4. The van der Waals surface area contributed by atoms with Crippen molar-refractivity contribution in [3.05, 3.63) is 71.3 Å². The first kappa shape index (κ1) is 18.4. The molecule has 0 aromatic heterocycles. The highest BCUT2D eigenvalue weighted by Gasteiger charge is 2.18. The normalized spacial score (nSPS) is 11.6. The van der Waals surface area contributed by atoms with Crippen LogP contribution in [0, 0.1) is 0 Å². The van der Waals surface area contributed by atoms with Gasteiger partial charge in [-0.05, 0) is 5.56 Å². The summed E-state index contributed by atoms with van der Waals surface area (Å²) in [5.74, 6) is -1.12. The molecule has 2 amide bonds. The van der Waals surface area contributed by atoms with E-state index in [1.807, 2.05) is 18.2 Å². The number of rotatable bonds is 8. The van der Waals surface area contributed by atoms with Gasteiger partial charge in [-0.2, -0.15) is 0 Å². The number of methoxy groups -OCH3 is 1. The van der Waals surface area contributed by atoms with Crippen LogP contribution in [0.2, 0.25) is 0 Å². The number of nitrogens with one attached hydrogen (secondary N) is 1. The number of ketones is 1. The summed E-state index contributed by atoms with van der Waals surface area (Å²) in [6, 6.07) is 15.0.